The van der Waals surface area contributed by atoms with Crippen LogP contribution in [0.1, 0.15) is 32.6 Å². The summed E-state index contributed by atoms with van der Waals surface area (Å²) in [6.07, 6.45) is 8.14. The molecule has 8 nitrogen and oxygen atoms in total. The maximum Gasteiger partial charge on any atom is 0.564 e. The highest BCUT2D eigenvalue weighted by Gasteiger charge is 2.30. The lowest BCUT2D eigenvalue weighted by molar-refractivity contribution is -0.136. The molecule has 0 N–H and O–H groups in total. The van der Waals surface area contributed by atoms with Gasteiger partial charge in [-0.3, -0.25) is 9.69 Å². The van der Waals surface area contributed by atoms with Crippen molar-refractivity contribution in [1.29, 1.82) is 0 Å². The minimum absolute atomic E-state index is 0.00704. The molecule has 3 rings (SSSR count). The molecule has 1 saturated heterocycles. The molecule has 1 fully saturated rings. The molecular formula is C27H36BNO7. The summed E-state index contributed by atoms with van der Waals surface area (Å²) in [4.78, 5) is 24.3. The molecule has 1 aliphatic heterocycles. The first-order valence-electron chi connectivity index (χ1n) is 12.4. The largest absolute Gasteiger partial charge is 0.564 e. The lowest BCUT2D eigenvalue weighted by Crippen LogP contribution is -2.40. The summed E-state index contributed by atoms with van der Waals surface area (Å²) in [6.45, 7) is 7.63. The summed E-state index contributed by atoms with van der Waals surface area (Å²) in [6, 6.07) is 7.29. The van der Waals surface area contributed by atoms with E-state index in [1.54, 1.807) is 11.9 Å². The molecule has 2 aliphatic rings. The van der Waals surface area contributed by atoms with Gasteiger partial charge in [-0.2, -0.15) is 0 Å². The SMILES string of the molecule is C=CC1=C(/C(=C\C)OC2CCOCC2)CCC1Oc1ccc(B(OC)OC(=O)CN(C)CC=O)cc1. The number of rotatable bonds is 13. The topological polar surface area (TPSA) is 83.5 Å². The number of hydrogen-bond donors (Lipinski definition) is 0. The molecule has 1 unspecified atom stereocenters. The van der Waals surface area contributed by atoms with Gasteiger partial charge in [-0.05, 0) is 56.1 Å². The van der Waals surface area contributed by atoms with Crippen molar-refractivity contribution in [2.45, 2.75) is 44.8 Å². The standard InChI is InChI=1S/C27H36BNO7/c1-5-23-24(25(6-2)34-22-13-17-33-18-14-22)11-12-26(23)35-21-9-7-20(8-10-21)28(32-4)36-27(31)19-29(3)15-16-30/h5-10,16,22,26H,1,11-15,17-19H2,2-4H3/b25-6+. The molecule has 1 aromatic carbocycles. The normalized spacial score (nSPS) is 18.8. The predicted octanol–water partition coefficient (Wildman–Crippen LogP) is 2.83. The average Bonchev–Trinajstić information content (AvgIpc) is 3.29. The van der Waals surface area contributed by atoms with Crippen LogP contribution in [0.4, 0.5) is 0 Å². The Morgan fingerprint density at radius 1 is 1.22 bits per heavy atom. The number of carbonyl (C=O) groups is 2. The van der Waals surface area contributed by atoms with Crippen LogP contribution in [0.25, 0.3) is 0 Å². The lowest BCUT2D eigenvalue weighted by atomic mass is 9.79. The van der Waals surface area contributed by atoms with Crippen LogP contribution in [-0.4, -0.2) is 76.9 Å². The molecule has 1 heterocycles. The van der Waals surface area contributed by atoms with Crippen molar-refractivity contribution < 1.29 is 33.1 Å². The first-order valence-corrected chi connectivity index (χ1v) is 12.4. The third kappa shape index (κ3) is 7.56. The quantitative estimate of drug-likeness (QED) is 0.234. The van der Waals surface area contributed by atoms with Gasteiger partial charge in [-0.15, -0.1) is 0 Å². The Kier molecular flexibility index (Phi) is 10.8. The highest BCUT2D eigenvalue weighted by Crippen LogP contribution is 2.36. The van der Waals surface area contributed by atoms with E-state index in [9.17, 15) is 9.59 Å². The van der Waals surface area contributed by atoms with E-state index >= 15 is 0 Å². The Labute approximate surface area is 214 Å². The molecule has 0 spiro atoms. The second-order valence-corrected chi connectivity index (χ2v) is 8.86. The second-order valence-electron chi connectivity index (χ2n) is 8.86. The minimum Gasteiger partial charge on any atom is -0.505 e. The summed E-state index contributed by atoms with van der Waals surface area (Å²) in [7, 11) is 2.29. The molecule has 1 aromatic rings. The third-order valence-electron chi connectivity index (χ3n) is 6.26. The molecule has 1 aliphatic carbocycles. The number of nitrogens with zero attached hydrogens (tertiary/aromatic N) is 1. The van der Waals surface area contributed by atoms with E-state index in [0.29, 0.717) is 11.2 Å². The Hall–Kier alpha value is -2.88. The maximum absolute atomic E-state index is 12.2. The molecule has 0 aromatic heterocycles. The Balaban J connectivity index is 1.63. The van der Waals surface area contributed by atoms with Crippen molar-refractivity contribution in [3.05, 3.63) is 59.9 Å². The molecule has 194 valence electrons. The number of hydrogen-bond acceptors (Lipinski definition) is 8. The smallest absolute Gasteiger partial charge is 0.505 e. The minimum atomic E-state index is -0.850. The van der Waals surface area contributed by atoms with E-state index in [-0.39, 0.29) is 25.3 Å². The number of carbonyl (C=O) groups excluding carboxylic acids is 2. The molecular weight excluding hydrogens is 461 g/mol. The highest BCUT2D eigenvalue weighted by molar-refractivity contribution is 6.62. The fraction of sp³-hybridized carbons (Fsp3) is 0.481. The zero-order chi connectivity index (χ0) is 25.9. The summed E-state index contributed by atoms with van der Waals surface area (Å²) in [5.41, 5.74) is 2.87. The van der Waals surface area contributed by atoms with Crippen molar-refractivity contribution in [3.63, 3.8) is 0 Å². The molecule has 0 radical (unpaired) electrons. The van der Waals surface area contributed by atoms with Gasteiger partial charge in [0.2, 0.25) is 0 Å². The summed E-state index contributed by atoms with van der Waals surface area (Å²) in [5.74, 6) is 1.12. The van der Waals surface area contributed by atoms with Crippen LogP contribution in [0.15, 0.2) is 59.9 Å². The van der Waals surface area contributed by atoms with Crippen molar-refractivity contribution in [2.75, 3.05) is 40.5 Å². The van der Waals surface area contributed by atoms with Crippen molar-refractivity contribution in [2.24, 2.45) is 0 Å². The average molecular weight is 497 g/mol. The number of ether oxygens (including phenoxy) is 3. The van der Waals surface area contributed by atoms with Gasteiger partial charge in [-0.1, -0.05) is 24.8 Å². The second kappa shape index (κ2) is 14.0. The number of benzene rings is 1. The van der Waals surface area contributed by atoms with Gasteiger partial charge < -0.3 is 28.3 Å². The van der Waals surface area contributed by atoms with E-state index in [0.717, 1.165) is 62.1 Å². The van der Waals surface area contributed by atoms with Crippen molar-refractivity contribution in [3.8, 4) is 5.75 Å². The maximum atomic E-state index is 12.2. The summed E-state index contributed by atoms with van der Waals surface area (Å²) in [5, 5.41) is 0. The van der Waals surface area contributed by atoms with E-state index in [1.165, 1.54) is 7.11 Å². The van der Waals surface area contributed by atoms with Gasteiger partial charge >= 0.3 is 13.1 Å². The van der Waals surface area contributed by atoms with Gasteiger partial charge in [-0.25, -0.2) is 0 Å². The van der Waals surface area contributed by atoms with Crippen LogP contribution in [0.5, 0.6) is 5.75 Å². The lowest BCUT2D eigenvalue weighted by Gasteiger charge is -2.25. The van der Waals surface area contributed by atoms with Crippen molar-refractivity contribution >= 4 is 24.8 Å². The van der Waals surface area contributed by atoms with Crippen molar-refractivity contribution in [1.82, 2.24) is 4.90 Å². The molecule has 0 amide bonds. The van der Waals surface area contributed by atoms with Gasteiger partial charge in [0.1, 0.15) is 30.0 Å². The Morgan fingerprint density at radius 2 is 1.94 bits per heavy atom. The van der Waals surface area contributed by atoms with Crippen LogP contribution in [0.2, 0.25) is 0 Å². The number of aldehydes is 1. The van der Waals surface area contributed by atoms with Crippen LogP contribution in [0.3, 0.4) is 0 Å². The first kappa shape index (κ1) is 27.7. The van der Waals surface area contributed by atoms with Gasteiger partial charge in [0, 0.05) is 25.5 Å². The van der Waals surface area contributed by atoms with E-state index in [4.69, 9.17) is 23.5 Å². The van der Waals surface area contributed by atoms with Gasteiger partial charge in [0.05, 0.1) is 26.3 Å². The molecule has 1 atom stereocenters. The third-order valence-corrected chi connectivity index (χ3v) is 6.26. The van der Waals surface area contributed by atoms with E-state index in [1.807, 2.05) is 43.3 Å². The highest BCUT2D eigenvalue weighted by atomic mass is 16.6. The van der Waals surface area contributed by atoms with Crippen LogP contribution in [0, 0.1) is 0 Å². The van der Waals surface area contributed by atoms with Crippen LogP contribution >= 0.6 is 0 Å². The molecule has 0 saturated carbocycles. The summed E-state index contributed by atoms with van der Waals surface area (Å²) >= 11 is 0. The Bertz CT molecular complexity index is 953. The zero-order valence-electron chi connectivity index (χ0n) is 21.4. The number of allylic oxidation sites excluding steroid dienone is 2. The zero-order valence-corrected chi connectivity index (χ0v) is 21.4. The van der Waals surface area contributed by atoms with Gasteiger partial charge in [0.25, 0.3) is 0 Å². The first-order chi connectivity index (χ1) is 17.5. The van der Waals surface area contributed by atoms with E-state index < -0.39 is 13.1 Å². The van der Waals surface area contributed by atoms with E-state index in [2.05, 4.69) is 6.58 Å². The molecule has 0 bridgehead atoms. The Morgan fingerprint density at radius 3 is 2.56 bits per heavy atom. The monoisotopic (exact) mass is 497 g/mol. The van der Waals surface area contributed by atoms with Crippen LogP contribution in [-0.2, 0) is 28.4 Å². The van der Waals surface area contributed by atoms with Crippen LogP contribution < -0.4 is 10.2 Å². The number of likely N-dealkylation sites (N-methyl/N-ethyl adjacent to an activating group) is 1. The predicted molar refractivity (Wildman–Crippen MR) is 138 cm³/mol. The molecule has 9 heteroatoms. The molecule has 36 heavy (non-hydrogen) atoms. The summed E-state index contributed by atoms with van der Waals surface area (Å²) < 4.78 is 28.8. The van der Waals surface area contributed by atoms with Gasteiger partial charge in [0.15, 0.2) is 0 Å². The fourth-order valence-corrected chi connectivity index (χ4v) is 4.39. The fourth-order valence-electron chi connectivity index (χ4n) is 4.39.